The third-order valence-corrected chi connectivity index (χ3v) is 4.51. The van der Waals surface area contributed by atoms with Crippen LogP contribution in [-0.2, 0) is 11.3 Å². The van der Waals surface area contributed by atoms with Gasteiger partial charge in [-0.25, -0.2) is 4.79 Å². The van der Waals surface area contributed by atoms with E-state index in [-0.39, 0.29) is 6.09 Å². The molecule has 1 amide bonds. The van der Waals surface area contributed by atoms with E-state index >= 15 is 0 Å². The molecule has 3 nitrogen and oxygen atoms in total. The van der Waals surface area contributed by atoms with Gasteiger partial charge in [-0.1, -0.05) is 68.5 Å². The molecule has 1 aromatic rings. The number of rotatable bonds is 7. The normalized spacial score (nSPS) is 16.7. The zero-order valence-electron chi connectivity index (χ0n) is 13.3. The molecule has 0 saturated heterocycles. The molecule has 120 valence electrons. The predicted octanol–water partition coefficient (Wildman–Crippen LogP) is 4.69. The second-order valence-electron chi connectivity index (χ2n) is 6.13. The van der Waals surface area contributed by atoms with E-state index in [4.69, 9.17) is 4.74 Å². The summed E-state index contributed by atoms with van der Waals surface area (Å²) in [5.41, 5.74) is 1.01. The Balaban J connectivity index is 1.73. The summed E-state index contributed by atoms with van der Waals surface area (Å²) in [5.74, 6) is 1.20. The Morgan fingerprint density at radius 2 is 2.00 bits per heavy atom. The molecule has 1 N–H and O–H groups in total. The Hall–Kier alpha value is -1.77. The first kappa shape index (κ1) is 16.6. The highest BCUT2D eigenvalue weighted by Gasteiger charge is 2.23. The fraction of sp³-hybridized carbons (Fsp3) is 0.526. The molecule has 1 atom stereocenters. The monoisotopic (exact) mass is 301 g/mol. The summed E-state index contributed by atoms with van der Waals surface area (Å²) in [6.45, 7) is 4.86. The zero-order valence-corrected chi connectivity index (χ0v) is 13.3. The van der Waals surface area contributed by atoms with Crippen molar-refractivity contribution >= 4 is 6.09 Å². The van der Waals surface area contributed by atoms with E-state index in [9.17, 15) is 4.79 Å². The maximum Gasteiger partial charge on any atom is 0.407 e. The van der Waals surface area contributed by atoms with Crippen molar-refractivity contribution in [2.45, 2.75) is 45.1 Å². The van der Waals surface area contributed by atoms with E-state index in [1.54, 1.807) is 0 Å². The zero-order chi connectivity index (χ0) is 15.6. The van der Waals surface area contributed by atoms with Gasteiger partial charge in [-0.05, 0) is 23.8 Å². The molecule has 1 saturated carbocycles. The lowest BCUT2D eigenvalue weighted by molar-refractivity contribution is 0.134. The first-order valence-electron chi connectivity index (χ1n) is 8.35. The van der Waals surface area contributed by atoms with Crippen LogP contribution in [0.1, 0.15) is 44.1 Å². The predicted molar refractivity (Wildman–Crippen MR) is 89.5 cm³/mol. The minimum Gasteiger partial charge on any atom is -0.445 e. The van der Waals surface area contributed by atoms with Crippen molar-refractivity contribution < 1.29 is 9.53 Å². The summed E-state index contributed by atoms with van der Waals surface area (Å²) in [4.78, 5) is 11.8. The van der Waals surface area contributed by atoms with Crippen LogP contribution in [0.4, 0.5) is 4.79 Å². The molecule has 22 heavy (non-hydrogen) atoms. The van der Waals surface area contributed by atoms with Crippen molar-refractivity contribution in [3.63, 3.8) is 0 Å². The van der Waals surface area contributed by atoms with Crippen LogP contribution in [0.25, 0.3) is 0 Å². The Morgan fingerprint density at radius 1 is 1.27 bits per heavy atom. The van der Waals surface area contributed by atoms with Gasteiger partial charge in [-0.15, -0.1) is 6.58 Å². The summed E-state index contributed by atoms with van der Waals surface area (Å²) < 4.78 is 5.27. The molecule has 2 rings (SSSR count). The number of benzene rings is 1. The van der Waals surface area contributed by atoms with Crippen molar-refractivity contribution in [1.82, 2.24) is 5.32 Å². The van der Waals surface area contributed by atoms with E-state index < -0.39 is 0 Å². The van der Waals surface area contributed by atoms with Gasteiger partial charge in [0.2, 0.25) is 0 Å². The van der Waals surface area contributed by atoms with E-state index in [2.05, 4.69) is 11.9 Å². The number of amides is 1. The summed E-state index contributed by atoms with van der Waals surface area (Å²) in [6.07, 6.45) is 9.14. The summed E-state index contributed by atoms with van der Waals surface area (Å²) in [6, 6.07) is 9.75. The number of hydrogen-bond acceptors (Lipinski definition) is 2. The maximum absolute atomic E-state index is 11.8. The van der Waals surface area contributed by atoms with Crippen LogP contribution < -0.4 is 5.32 Å². The van der Waals surface area contributed by atoms with Gasteiger partial charge in [0.1, 0.15) is 6.61 Å². The lowest BCUT2D eigenvalue weighted by Crippen LogP contribution is -2.33. The topological polar surface area (TPSA) is 38.3 Å². The first-order valence-corrected chi connectivity index (χ1v) is 8.35. The van der Waals surface area contributed by atoms with Gasteiger partial charge in [-0.2, -0.15) is 0 Å². The third kappa shape index (κ3) is 5.55. The standard InChI is InChI=1S/C19H27NO2/c1-2-9-18(17-12-7-4-8-13-17)14-20-19(21)22-15-16-10-5-3-6-11-16/h2-3,5-6,10-11,17-18H,1,4,7-9,12-15H2,(H,20,21)/t18-/m1/s1. The molecule has 1 aromatic carbocycles. The lowest BCUT2D eigenvalue weighted by Gasteiger charge is -2.29. The van der Waals surface area contributed by atoms with Gasteiger partial charge in [0.25, 0.3) is 0 Å². The fourth-order valence-corrected chi connectivity index (χ4v) is 3.25. The second-order valence-corrected chi connectivity index (χ2v) is 6.13. The van der Waals surface area contributed by atoms with Crippen LogP contribution >= 0.6 is 0 Å². The van der Waals surface area contributed by atoms with Crippen LogP contribution in [0.2, 0.25) is 0 Å². The van der Waals surface area contributed by atoms with Crippen LogP contribution in [0.15, 0.2) is 43.0 Å². The number of carbonyl (C=O) groups is 1. The minimum absolute atomic E-state index is 0.322. The maximum atomic E-state index is 11.8. The fourth-order valence-electron chi connectivity index (χ4n) is 3.25. The first-order chi connectivity index (χ1) is 10.8. The molecule has 3 heteroatoms. The SMILES string of the molecule is C=CC[C@H](CNC(=O)OCc1ccccc1)C1CCCCC1. The minimum atomic E-state index is -0.325. The van der Waals surface area contributed by atoms with Crippen molar-refractivity contribution in [3.8, 4) is 0 Å². The van der Waals surface area contributed by atoms with E-state index in [1.807, 2.05) is 36.4 Å². The molecule has 0 aliphatic heterocycles. The number of ether oxygens (including phenoxy) is 1. The number of carbonyl (C=O) groups excluding carboxylic acids is 1. The number of alkyl carbamates (subject to hydrolysis) is 1. The highest BCUT2D eigenvalue weighted by atomic mass is 16.5. The summed E-state index contributed by atoms with van der Waals surface area (Å²) in [7, 11) is 0. The molecule has 0 spiro atoms. The van der Waals surface area contributed by atoms with E-state index in [0.29, 0.717) is 25.0 Å². The Kier molecular flexibility index (Phi) is 7.01. The lowest BCUT2D eigenvalue weighted by atomic mass is 9.78. The molecular weight excluding hydrogens is 274 g/mol. The van der Waals surface area contributed by atoms with Crippen molar-refractivity contribution in [2.24, 2.45) is 11.8 Å². The Bertz CT molecular complexity index is 452. The Morgan fingerprint density at radius 3 is 2.68 bits per heavy atom. The molecule has 1 aliphatic carbocycles. The van der Waals surface area contributed by atoms with E-state index in [1.165, 1.54) is 32.1 Å². The molecule has 0 unspecified atom stereocenters. The molecular formula is C19H27NO2. The van der Waals surface area contributed by atoms with Crippen LogP contribution in [-0.4, -0.2) is 12.6 Å². The van der Waals surface area contributed by atoms with Gasteiger partial charge >= 0.3 is 6.09 Å². The summed E-state index contributed by atoms with van der Waals surface area (Å²) in [5, 5.41) is 2.93. The van der Waals surface area contributed by atoms with Crippen LogP contribution in [0, 0.1) is 11.8 Å². The van der Waals surface area contributed by atoms with Gasteiger partial charge in [0.15, 0.2) is 0 Å². The van der Waals surface area contributed by atoms with Crippen molar-refractivity contribution in [2.75, 3.05) is 6.54 Å². The average molecular weight is 301 g/mol. The van der Waals surface area contributed by atoms with Gasteiger partial charge in [-0.3, -0.25) is 0 Å². The molecule has 1 aliphatic rings. The van der Waals surface area contributed by atoms with Crippen LogP contribution in [0.3, 0.4) is 0 Å². The molecule has 0 radical (unpaired) electrons. The number of hydrogen-bond donors (Lipinski definition) is 1. The molecule has 0 heterocycles. The van der Waals surface area contributed by atoms with Crippen LogP contribution in [0.5, 0.6) is 0 Å². The van der Waals surface area contributed by atoms with Crippen molar-refractivity contribution in [3.05, 3.63) is 48.6 Å². The highest BCUT2D eigenvalue weighted by molar-refractivity contribution is 5.67. The smallest absolute Gasteiger partial charge is 0.407 e. The number of nitrogens with one attached hydrogen (secondary N) is 1. The van der Waals surface area contributed by atoms with Crippen molar-refractivity contribution in [1.29, 1.82) is 0 Å². The largest absolute Gasteiger partial charge is 0.445 e. The average Bonchev–Trinajstić information content (AvgIpc) is 2.58. The second kappa shape index (κ2) is 9.29. The molecule has 0 bridgehead atoms. The van der Waals surface area contributed by atoms with Gasteiger partial charge < -0.3 is 10.1 Å². The number of allylic oxidation sites excluding steroid dienone is 1. The molecule has 0 aromatic heterocycles. The highest BCUT2D eigenvalue weighted by Crippen LogP contribution is 2.31. The van der Waals surface area contributed by atoms with Gasteiger partial charge in [0.05, 0.1) is 0 Å². The Labute approximate surface area is 133 Å². The van der Waals surface area contributed by atoms with E-state index in [0.717, 1.165) is 12.0 Å². The third-order valence-electron chi connectivity index (χ3n) is 4.51. The summed E-state index contributed by atoms with van der Waals surface area (Å²) >= 11 is 0. The molecule has 1 fully saturated rings. The quantitative estimate of drug-likeness (QED) is 0.742. The van der Waals surface area contributed by atoms with Gasteiger partial charge in [0, 0.05) is 6.54 Å².